The van der Waals surface area contributed by atoms with Crippen molar-refractivity contribution < 1.29 is 9.59 Å². The number of nitrogens with zero attached hydrogens (tertiary/aromatic N) is 3. The Morgan fingerprint density at radius 1 is 1.60 bits per heavy atom. The van der Waals surface area contributed by atoms with Crippen molar-refractivity contribution in [2.75, 3.05) is 18.8 Å². The molecular formula is C12H13N5O2S. The molecule has 3 N–H and O–H groups in total. The number of hydrogen-bond donors (Lipinski definition) is 2. The van der Waals surface area contributed by atoms with Crippen molar-refractivity contribution in [1.82, 2.24) is 20.4 Å². The molecule has 104 valence electrons. The van der Waals surface area contributed by atoms with Crippen LogP contribution in [0.3, 0.4) is 0 Å². The summed E-state index contributed by atoms with van der Waals surface area (Å²) in [6.07, 6.45) is 1.54. The molecule has 8 heteroatoms. The second-order valence-electron chi connectivity index (χ2n) is 4.56. The van der Waals surface area contributed by atoms with Gasteiger partial charge < -0.3 is 16.0 Å². The van der Waals surface area contributed by atoms with Crippen LogP contribution in [0, 0.1) is 0 Å². The molecule has 2 aromatic heterocycles. The largest absolute Gasteiger partial charge is 0.397 e. The Morgan fingerprint density at radius 2 is 2.40 bits per heavy atom. The highest BCUT2D eigenvalue weighted by atomic mass is 32.1. The molecule has 0 bridgehead atoms. The number of nitrogen functional groups attached to an aromatic ring is 1. The summed E-state index contributed by atoms with van der Waals surface area (Å²) < 4.78 is 0. The van der Waals surface area contributed by atoms with Gasteiger partial charge in [-0.1, -0.05) is 0 Å². The zero-order valence-electron chi connectivity index (χ0n) is 10.8. The topological polar surface area (TPSA) is 101 Å². The maximum absolute atomic E-state index is 12.6. The maximum Gasteiger partial charge on any atom is 0.266 e. The van der Waals surface area contributed by atoms with Crippen molar-refractivity contribution in [3.8, 4) is 0 Å². The van der Waals surface area contributed by atoms with Gasteiger partial charge in [0.05, 0.1) is 11.9 Å². The molecule has 1 aliphatic heterocycles. The lowest BCUT2D eigenvalue weighted by Gasteiger charge is -2.32. The summed E-state index contributed by atoms with van der Waals surface area (Å²) in [6, 6.07) is 1.24. The van der Waals surface area contributed by atoms with E-state index >= 15 is 0 Å². The van der Waals surface area contributed by atoms with Crippen LogP contribution in [0.25, 0.3) is 10.2 Å². The number of piperazine rings is 1. The van der Waals surface area contributed by atoms with Crippen LogP contribution in [-0.4, -0.2) is 46.0 Å². The van der Waals surface area contributed by atoms with Crippen LogP contribution in [0.4, 0.5) is 5.69 Å². The fraction of sp³-hybridized carbons (Fsp3) is 0.333. The third-order valence-corrected chi connectivity index (χ3v) is 4.47. The number of hydrogen-bond acceptors (Lipinski definition) is 6. The van der Waals surface area contributed by atoms with Gasteiger partial charge in [-0.25, -0.2) is 0 Å². The third kappa shape index (κ3) is 1.88. The Labute approximate surface area is 118 Å². The first kappa shape index (κ1) is 12.8. The van der Waals surface area contributed by atoms with E-state index in [9.17, 15) is 9.59 Å². The molecule has 1 saturated heterocycles. The third-order valence-electron chi connectivity index (χ3n) is 3.37. The minimum absolute atomic E-state index is 0.149. The number of carbonyl (C=O) groups excluding carboxylic acids is 2. The average molecular weight is 291 g/mol. The van der Waals surface area contributed by atoms with E-state index in [4.69, 9.17) is 5.73 Å². The highest BCUT2D eigenvalue weighted by Crippen LogP contribution is 2.32. The molecule has 2 aromatic rings. The highest BCUT2D eigenvalue weighted by molar-refractivity contribution is 7.21. The van der Waals surface area contributed by atoms with Gasteiger partial charge >= 0.3 is 0 Å². The van der Waals surface area contributed by atoms with E-state index in [1.54, 1.807) is 13.0 Å². The van der Waals surface area contributed by atoms with Gasteiger partial charge in [-0.2, -0.15) is 5.10 Å². The maximum atomic E-state index is 12.6. The molecule has 2 amide bonds. The standard InChI is InChI=1S/C12H13N5O2S/c1-6-10(18)14-4-5-17(6)12(19)9-8(13)7-2-3-15-16-11(7)20-9/h2-3,6H,4-5,13H2,1H3,(H,14,18). The minimum atomic E-state index is -0.494. The lowest BCUT2D eigenvalue weighted by atomic mass is 10.2. The lowest BCUT2D eigenvalue weighted by Crippen LogP contribution is -2.55. The number of carbonyl (C=O) groups is 2. The quantitative estimate of drug-likeness (QED) is 0.783. The molecule has 1 aliphatic rings. The van der Waals surface area contributed by atoms with Gasteiger partial charge in [0.25, 0.3) is 5.91 Å². The number of thiophene rings is 1. The Morgan fingerprint density at radius 3 is 3.15 bits per heavy atom. The molecule has 0 radical (unpaired) electrons. The van der Waals surface area contributed by atoms with Crippen molar-refractivity contribution in [3.63, 3.8) is 0 Å². The van der Waals surface area contributed by atoms with Crippen LogP contribution in [-0.2, 0) is 4.79 Å². The number of anilines is 1. The fourth-order valence-corrected chi connectivity index (χ4v) is 3.22. The van der Waals surface area contributed by atoms with Crippen molar-refractivity contribution in [3.05, 3.63) is 17.1 Å². The zero-order chi connectivity index (χ0) is 14.3. The van der Waals surface area contributed by atoms with Crippen molar-refractivity contribution in [2.24, 2.45) is 0 Å². The molecule has 0 aromatic carbocycles. The van der Waals surface area contributed by atoms with E-state index < -0.39 is 6.04 Å². The van der Waals surface area contributed by atoms with Gasteiger partial charge in [-0.05, 0) is 13.0 Å². The van der Waals surface area contributed by atoms with Crippen molar-refractivity contribution >= 4 is 39.1 Å². The zero-order valence-corrected chi connectivity index (χ0v) is 11.6. The van der Waals surface area contributed by atoms with Crippen LogP contribution in [0.15, 0.2) is 12.3 Å². The predicted octanol–water partition coefficient (Wildman–Crippen LogP) is 0.234. The summed E-state index contributed by atoms with van der Waals surface area (Å²) in [7, 11) is 0. The monoisotopic (exact) mass is 291 g/mol. The Hall–Kier alpha value is -2.22. The highest BCUT2D eigenvalue weighted by Gasteiger charge is 2.32. The average Bonchev–Trinajstić information content (AvgIpc) is 2.79. The fourth-order valence-electron chi connectivity index (χ4n) is 2.22. The van der Waals surface area contributed by atoms with Gasteiger partial charge in [0, 0.05) is 18.5 Å². The lowest BCUT2D eigenvalue weighted by molar-refractivity contribution is -0.127. The number of fused-ring (bicyclic) bond motifs is 1. The van der Waals surface area contributed by atoms with E-state index in [1.165, 1.54) is 22.4 Å². The Bertz CT molecular complexity index is 698. The molecule has 3 heterocycles. The van der Waals surface area contributed by atoms with Crippen LogP contribution in [0.2, 0.25) is 0 Å². The summed E-state index contributed by atoms with van der Waals surface area (Å²) in [5.41, 5.74) is 6.43. The van der Waals surface area contributed by atoms with Gasteiger partial charge in [0.15, 0.2) is 0 Å². The van der Waals surface area contributed by atoms with Crippen LogP contribution in [0.5, 0.6) is 0 Å². The van der Waals surface area contributed by atoms with Gasteiger partial charge in [0.2, 0.25) is 5.91 Å². The summed E-state index contributed by atoms with van der Waals surface area (Å²) >= 11 is 1.21. The first-order valence-electron chi connectivity index (χ1n) is 6.18. The van der Waals surface area contributed by atoms with Crippen LogP contribution >= 0.6 is 11.3 Å². The normalized spacial score (nSPS) is 19.1. The number of nitrogens with two attached hydrogens (primary N) is 1. The molecule has 0 spiro atoms. The number of aromatic nitrogens is 2. The second-order valence-corrected chi connectivity index (χ2v) is 5.56. The molecule has 0 saturated carbocycles. The Kier molecular flexibility index (Phi) is 3.01. The van der Waals surface area contributed by atoms with Crippen molar-refractivity contribution in [1.29, 1.82) is 0 Å². The molecule has 20 heavy (non-hydrogen) atoms. The molecule has 7 nitrogen and oxygen atoms in total. The molecule has 1 fully saturated rings. The van der Waals surface area contributed by atoms with E-state index in [0.29, 0.717) is 28.5 Å². The van der Waals surface area contributed by atoms with E-state index in [2.05, 4.69) is 15.5 Å². The minimum Gasteiger partial charge on any atom is -0.397 e. The SMILES string of the molecule is CC1C(=O)NCCN1C(=O)c1sc2nnccc2c1N. The first-order valence-corrected chi connectivity index (χ1v) is 6.99. The van der Waals surface area contributed by atoms with Crippen LogP contribution < -0.4 is 11.1 Å². The summed E-state index contributed by atoms with van der Waals surface area (Å²) in [5, 5.41) is 11.2. The van der Waals surface area contributed by atoms with Gasteiger partial charge in [0.1, 0.15) is 15.7 Å². The first-order chi connectivity index (χ1) is 9.59. The van der Waals surface area contributed by atoms with Crippen molar-refractivity contribution in [2.45, 2.75) is 13.0 Å². The van der Waals surface area contributed by atoms with E-state index in [0.717, 1.165) is 5.39 Å². The predicted molar refractivity (Wildman–Crippen MR) is 75.3 cm³/mol. The summed E-state index contributed by atoms with van der Waals surface area (Å²) in [5.74, 6) is -0.378. The number of nitrogens with one attached hydrogen (secondary N) is 1. The summed E-state index contributed by atoms with van der Waals surface area (Å²) in [4.78, 5) is 26.8. The van der Waals surface area contributed by atoms with Gasteiger partial charge in [-0.3, -0.25) is 9.59 Å². The molecule has 1 unspecified atom stereocenters. The van der Waals surface area contributed by atoms with Gasteiger partial charge in [-0.15, -0.1) is 16.4 Å². The van der Waals surface area contributed by atoms with Crippen LogP contribution in [0.1, 0.15) is 16.6 Å². The molecule has 0 aliphatic carbocycles. The summed E-state index contributed by atoms with van der Waals surface area (Å²) in [6.45, 7) is 2.64. The number of rotatable bonds is 1. The van der Waals surface area contributed by atoms with E-state index in [1.807, 2.05) is 0 Å². The Balaban J connectivity index is 2.00. The number of amides is 2. The molecular weight excluding hydrogens is 278 g/mol. The smallest absolute Gasteiger partial charge is 0.266 e. The molecule has 3 rings (SSSR count). The molecule has 1 atom stereocenters. The van der Waals surface area contributed by atoms with E-state index in [-0.39, 0.29) is 11.8 Å². The second kappa shape index (κ2) is 4.71.